The minimum Gasteiger partial charge on any atom is -0.488 e. The maximum atomic E-state index is 12.8. The average Bonchev–Trinajstić information content (AvgIpc) is 2.09. The summed E-state index contributed by atoms with van der Waals surface area (Å²) in [5.74, 6) is -1.98. The number of nitrogens with two attached hydrogens (primary N) is 1. The molecule has 72 valence electrons. The fourth-order valence-electron chi connectivity index (χ4n) is 0.804. The van der Waals surface area contributed by atoms with Crippen molar-refractivity contribution in [1.29, 1.82) is 0 Å². The van der Waals surface area contributed by atoms with Crippen LogP contribution in [0.25, 0.3) is 0 Å². The molecule has 0 radical (unpaired) electrons. The van der Waals surface area contributed by atoms with Crippen LogP contribution < -0.4 is 10.5 Å². The maximum absolute atomic E-state index is 12.8. The predicted octanol–water partition coefficient (Wildman–Crippen LogP) is 1.90. The molecule has 0 amide bonds. The van der Waals surface area contributed by atoms with Crippen LogP contribution in [0.3, 0.4) is 0 Å². The highest BCUT2D eigenvalue weighted by atomic mass is 19.1. The minimum atomic E-state index is -0.889. The molecule has 0 saturated carbocycles. The van der Waals surface area contributed by atoms with Crippen molar-refractivity contribution in [2.24, 2.45) is 0 Å². The van der Waals surface area contributed by atoms with Gasteiger partial charge in [-0.25, -0.2) is 13.2 Å². The molecular weight excluding hydrogens is 183 g/mol. The molecule has 13 heavy (non-hydrogen) atoms. The van der Waals surface area contributed by atoms with E-state index >= 15 is 0 Å². The molecule has 0 aliphatic carbocycles. The van der Waals surface area contributed by atoms with E-state index in [0.717, 1.165) is 6.07 Å². The Morgan fingerprint density at radius 2 is 1.92 bits per heavy atom. The van der Waals surface area contributed by atoms with Crippen LogP contribution in [0.15, 0.2) is 12.1 Å². The molecule has 2 nitrogen and oxygen atoms in total. The SMILES string of the molecule is Nc1cc(OCCF)c(F)cc1F. The molecular formula is C8H8F3NO. The monoisotopic (exact) mass is 191 g/mol. The average molecular weight is 191 g/mol. The lowest BCUT2D eigenvalue weighted by Gasteiger charge is -2.06. The molecule has 1 aromatic carbocycles. The van der Waals surface area contributed by atoms with Crippen molar-refractivity contribution in [2.45, 2.75) is 0 Å². The second-order valence-corrected chi connectivity index (χ2v) is 2.34. The number of alkyl halides is 1. The first kappa shape index (κ1) is 9.70. The number of hydrogen-bond acceptors (Lipinski definition) is 2. The van der Waals surface area contributed by atoms with E-state index in [1.807, 2.05) is 0 Å². The first-order valence-electron chi connectivity index (χ1n) is 3.58. The molecule has 1 rings (SSSR count). The van der Waals surface area contributed by atoms with E-state index in [1.165, 1.54) is 0 Å². The standard InChI is InChI=1S/C8H8F3NO/c9-1-2-13-8-4-7(12)5(10)3-6(8)11/h3-4H,1-2,12H2. The molecule has 0 fully saturated rings. The molecule has 0 atom stereocenters. The van der Waals surface area contributed by atoms with Gasteiger partial charge < -0.3 is 10.5 Å². The van der Waals surface area contributed by atoms with Crippen LogP contribution in [0.2, 0.25) is 0 Å². The normalized spacial score (nSPS) is 10.1. The Morgan fingerprint density at radius 1 is 1.23 bits per heavy atom. The van der Waals surface area contributed by atoms with Crippen LogP contribution in [0.5, 0.6) is 5.75 Å². The highest BCUT2D eigenvalue weighted by molar-refractivity contribution is 5.46. The van der Waals surface area contributed by atoms with E-state index < -0.39 is 18.3 Å². The van der Waals surface area contributed by atoms with E-state index in [4.69, 9.17) is 5.73 Å². The van der Waals surface area contributed by atoms with Crippen molar-refractivity contribution in [1.82, 2.24) is 0 Å². The molecule has 0 spiro atoms. The third kappa shape index (κ3) is 2.27. The Balaban J connectivity index is 2.88. The summed E-state index contributed by atoms with van der Waals surface area (Å²) < 4.78 is 41.7. The molecule has 1 aromatic rings. The van der Waals surface area contributed by atoms with Crippen LogP contribution in [-0.2, 0) is 0 Å². The summed E-state index contributed by atoms with van der Waals surface area (Å²) in [5, 5.41) is 0. The molecule has 0 aliphatic rings. The fourth-order valence-corrected chi connectivity index (χ4v) is 0.804. The molecule has 5 heteroatoms. The molecule has 0 aliphatic heterocycles. The zero-order valence-electron chi connectivity index (χ0n) is 6.69. The number of rotatable bonds is 3. The van der Waals surface area contributed by atoms with Gasteiger partial charge in [0, 0.05) is 12.1 Å². The first-order chi connectivity index (χ1) is 6.15. The lowest BCUT2D eigenvalue weighted by molar-refractivity contribution is 0.262. The van der Waals surface area contributed by atoms with Crippen LogP contribution in [0, 0.1) is 11.6 Å². The zero-order valence-corrected chi connectivity index (χ0v) is 6.69. The summed E-state index contributed by atoms with van der Waals surface area (Å²) in [6.45, 7) is -1.02. The van der Waals surface area contributed by atoms with Crippen molar-refractivity contribution < 1.29 is 17.9 Å². The molecule has 0 saturated heterocycles. The molecule has 0 unspecified atom stereocenters. The first-order valence-corrected chi connectivity index (χ1v) is 3.58. The third-order valence-corrected chi connectivity index (χ3v) is 1.39. The van der Waals surface area contributed by atoms with E-state index in [0.29, 0.717) is 6.07 Å². The van der Waals surface area contributed by atoms with Gasteiger partial charge in [-0.15, -0.1) is 0 Å². The van der Waals surface area contributed by atoms with Crippen LogP contribution >= 0.6 is 0 Å². The predicted molar refractivity (Wildman–Crippen MR) is 42.2 cm³/mol. The van der Waals surface area contributed by atoms with Gasteiger partial charge in [0.1, 0.15) is 19.1 Å². The number of benzene rings is 1. The van der Waals surface area contributed by atoms with E-state index in [2.05, 4.69) is 4.74 Å². The molecule has 0 aromatic heterocycles. The fraction of sp³-hybridized carbons (Fsp3) is 0.250. The Labute approximate surface area is 73.1 Å². The summed E-state index contributed by atoms with van der Waals surface area (Å²) in [4.78, 5) is 0. The highest BCUT2D eigenvalue weighted by Crippen LogP contribution is 2.22. The lowest BCUT2D eigenvalue weighted by Crippen LogP contribution is -2.02. The topological polar surface area (TPSA) is 35.2 Å². The molecule has 0 heterocycles. The van der Waals surface area contributed by atoms with Gasteiger partial charge in [-0.05, 0) is 0 Å². The van der Waals surface area contributed by atoms with Crippen LogP contribution in [0.4, 0.5) is 18.9 Å². The van der Waals surface area contributed by atoms with Crippen LogP contribution in [0.1, 0.15) is 0 Å². The van der Waals surface area contributed by atoms with Crippen molar-refractivity contribution in [2.75, 3.05) is 19.0 Å². The Morgan fingerprint density at radius 3 is 2.54 bits per heavy atom. The van der Waals surface area contributed by atoms with E-state index in [9.17, 15) is 13.2 Å². The quantitative estimate of drug-likeness (QED) is 0.740. The summed E-state index contributed by atoms with van der Waals surface area (Å²) in [6, 6.07) is 1.59. The number of ether oxygens (including phenoxy) is 1. The highest BCUT2D eigenvalue weighted by Gasteiger charge is 2.08. The summed E-state index contributed by atoms with van der Waals surface area (Å²) in [6.07, 6.45) is 0. The lowest BCUT2D eigenvalue weighted by atomic mass is 10.3. The maximum Gasteiger partial charge on any atom is 0.168 e. The zero-order chi connectivity index (χ0) is 9.84. The van der Waals surface area contributed by atoms with Crippen LogP contribution in [-0.4, -0.2) is 13.3 Å². The number of nitrogen functional groups attached to an aromatic ring is 1. The Kier molecular flexibility index (Phi) is 3.00. The largest absolute Gasteiger partial charge is 0.488 e. The van der Waals surface area contributed by atoms with Crippen molar-refractivity contribution >= 4 is 5.69 Å². The van der Waals surface area contributed by atoms with E-state index in [-0.39, 0.29) is 18.0 Å². The number of anilines is 1. The summed E-state index contributed by atoms with van der Waals surface area (Å²) in [7, 11) is 0. The summed E-state index contributed by atoms with van der Waals surface area (Å²) in [5.41, 5.74) is 4.92. The van der Waals surface area contributed by atoms with Crippen molar-refractivity contribution in [3.05, 3.63) is 23.8 Å². The van der Waals surface area contributed by atoms with Crippen molar-refractivity contribution in [3.63, 3.8) is 0 Å². The van der Waals surface area contributed by atoms with Gasteiger partial charge >= 0.3 is 0 Å². The molecule has 2 N–H and O–H groups in total. The second kappa shape index (κ2) is 4.02. The van der Waals surface area contributed by atoms with Gasteiger partial charge in [0.05, 0.1) is 5.69 Å². The van der Waals surface area contributed by atoms with Gasteiger partial charge in [0.25, 0.3) is 0 Å². The van der Waals surface area contributed by atoms with Gasteiger partial charge in [0.15, 0.2) is 11.6 Å². The van der Waals surface area contributed by atoms with Gasteiger partial charge in [-0.3, -0.25) is 0 Å². The summed E-state index contributed by atoms with van der Waals surface area (Å²) >= 11 is 0. The smallest absolute Gasteiger partial charge is 0.168 e. The van der Waals surface area contributed by atoms with Gasteiger partial charge in [-0.2, -0.15) is 0 Å². The number of halogens is 3. The van der Waals surface area contributed by atoms with E-state index in [1.54, 1.807) is 0 Å². The van der Waals surface area contributed by atoms with Crippen molar-refractivity contribution in [3.8, 4) is 5.75 Å². The Hall–Kier alpha value is -1.39. The minimum absolute atomic E-state index is 0.227. The second-order valence-electron chi connectivity index (χ2n) is 2.34. The number of hydrogen-bond donors (Lipinski definition) is 1. The van der Waals surface area contributed by atoms with Gasteiger partial charge in [0.2, 0.25) is 0 Å². The van der Waals surface area contributed by atoms with Gasteiger partial charge in [-0.1, -0.05) is 0 Å². The molecule has 0 bridgehead atoms. The Bertz CT molecular complexity index is 304. The third-order valence-electron chi connectivity index (χ3n) is 1.39.